The van der Waals surface area contributed by atoms with Crippen LogP contribution in [0.4, 0.5) is 0 Å². The molecule has 0 amide bonds. The van der Waals surface area contributed by atoms with Gasteiger partial charge in [-0.15, -0.1) is 0 Å². The zero-order valence-electron chi connectivity index (χ0n) is 8.78. The molecule has 0 aliphatic rings. The highest BCUT2D eigenvalue weighted by molar-refractivity contribution is 5.86. The molecule has 1 rings (SSSR count). The normalized spacial score (nSPS) is 9.73. The molecule has 0 fully saturated rings. The molecule has 0 aliphatic carbocycles. The van der Waals surface area contributed by atoms with Gasteiger partial charge in [-0.25, -0.2) is 0 Å². The maximum Gasteiger partial charge on any atom is 0.161 e. The molecule has 0 aromatic heterocycles. The van der Waals surface area contributed by atoms with E-state index in [2.05, 4.69) is 0 Å². The van der Waals surface area contributed by atoms with Gasteiger partial charge in [0.25, 0.3) is 0 Å². The van der Waals surface area contributed by atoms with Crippen molar-refractivity contribution < 1.29 is 19.4 Å². The summed E-state index contributed by atoms with van der Waals surface area (Å²) in [6, 6.07) is 4.41. The summed E-state index contributed by atoms with van der Waals surface area (Å²) in [7, 11) is 0. The lowest BCUT2D eigenvalue weighted by atomic mass is 10.2. The monoisotopic (exact) mass is 209 g/mol. The molecular formula is C11H13O4-. The van der Waals surface area contributed by atoms with E-state index in [9.17, 15) is 9.90 Å². The second-order valence-electron chi connectivity index (χ2n) is 2.81. The van der Waals surface area contributed by atoms with Gasteiger partial charge in [-0.2, -0.15) is 0 Å². The van der Waals surface area contributed by atoms with E-state index >= 15 is 0 Å². The fraction of sp³-hybridized carbons (Fsp3) is 0.364. The summed E-state index contributed by atoms with van der Waals surface area (Å²) >= 11 is 0. The van der Waals surface area contributed by atoms with Gasteiger partial charge in [0.1, 0.15) is 0 Å². The zero-order valence-corrected chi connectivity index (χ0v) is 8.78. The Hall–Kier alpha value is -1.71. The van der Waals surface area contributed by atoms with E-state index in [1.54, 1.807) is 6.07 Å². The van der Waals surface area contributed by atoms with Gasteiger partial charge in [0.05, 0.1) is 19.2 Å². The van der Waals surface area contributed by atoms with Crippen molar-refractivity contribution in [1.82, 2.24) is 0 Å². The van der Waals surface area contributed by atoms with Crippen LogP contribution < -0.4 is 14.6 Å². The fourth-order valence-corrected chi connectivity index (χ4v) is 1.18. The van der Waals surface area contributed by atoms with Crippen molar-refractivity contribution in [3.8, 4) is 11.5 Å². The van der Waals surface area contributed by atoms with Gasteiger partial charge in [-0.05, 0) is 32.0 Å². The molecule has 4 heteroatoms. The Bertz CT molecular complexity index is 346. The average molecular weight is 209 g/mol. The van der Waals surface area contributed by atoms with E-state index < -0.39 is 5.97 Å². The van der Waals surface area contributed by atoms with Crippen LogP contribution in [0.15, 0.2) is 18.2 Å². The first-order valence-electron chi connectivity index (χ1n) is 4.80. The number of carbonyl (C=O) groups is 1. The van der Waals surface area contributed by atoms with E-state index in [0.717, 1.165) is 0 Å². The van der Waals surface area contributed by atoms with Gasteiger partial charge in [0.2, 0.25) is 0 Å². The predicted octanol–water partition coefficient (Wildman–Crippen LogP) is 0.847. The molecule has 0 unspecified atom stereocenters. The van der Waals surface area contributed by atoms with Gasteiger partial charge in [0, 0.05) is 5.56 Å². The third kappa shape index (κ3) is 2.87. The van der Waals surface area contributed by atoms with Crippen molar-refractivity contribution in [1.29, 1.82) is 0 Å². The summed E-state index contributed by atoms with van der Waals surface area (Å²) in [4.78, 5) is 10.6. The number of carboxylic acids is 1. The number of carboxylic acid groups (broad SMARTS) is 1. The second-order valence-corrected chi connectivity index (χ2v) is 2.81. The second kappa shape index (κ2) is 5.24. The SMILES string of the molecule is CCOc1ccc(C(=O)[O-])cc1OCC. The van der Waals surface area contributed by atoms with Crippen LogP contribution in [0.1, 0.15) is 24.2 Å². The molecule has 1 aromatic rings. The van der Waals surface area contributed by atoms with Crippen LogP contribution in [0.5, 0.6) is 11.5 Å². The lowest BCUT2D eigenvalue weighted by Gasteiger charge is -2.12. The summed E-state index contributed by atoms with van der Waals surface area (Å²) in [6.45, 7) is 4.63. The van der Waals surface area contributed by atoms with Gasteiger partial charge >= 0.3 is 0 Å². The van der Waals surface area contributed by atoms with Crippen molar-refractivity contribution in [2.45, 2.75) is 13.8 Å². The van der Waals surface area contributed by atoms with Crippen LogP contribution in [-0.4, -0.2) is 19.2 Å². The van der Waals surface area contributed by atoms with Crippen molar-refractivity contribution in [3.63, 3.8) is 0 Å². The van der Waals surface area contributed by atoms with E-state index in [4.69, 9.17) is 9.47 Å². The summed E-state index contributed by atoms with van der Waals surface area (Å²) in [5, 5.41) is 10.6. The highest BCUT2D eigenvalue weighted by Gasteiger charge is 2.06. The number of hydrogen-bond donors (Lipinski definition) is 0. The Morgan fingerprint density at radius 3 is 2.33 bits per heavy atom. The molecule has 0 heterocycles. The smallest absolute Gasteiger partial charge is 0.161 e. The Morgan fingerprint density at radius 2 is 1.80 bits per heavy atom. The van der Waals surface area contributed by atoms with Gasteiger partial charge in [0.15, 0.2) is 11.5 Å². The Labute approximate surface area is 88.4 Å². The molecule has 0 spiro atoms. The molecule has 0 N–H and O–H groups in total. The minimum Gasteiger partial charge on any atom is -0.545 e. The summed E-state index contributed by atoms with van der Waals surface area (Å²) in [6.07, 6.45) is 0. The standard InChI is InChI=1S/C11H14O4/c1-3-14-9-6-5-8(11(12)13)7-10(9)15-4-2/h5-7H,3-4H2,1-2H3,(H,12,13)/p-1. The highest BCUT2D eigenvalue weighted by atomic mass is 16.5. The topological polar surface area (TPSA) is 58.6 Å². The van der Waals surface area contributed by atoms with E-state index in [1.165, 1.54) is 12.1 Å². The van der Waals surface area contributed by atoms with Crippen LogP contribution in [0.3, 0.4) is 0 Å². The third-order valence-electron chi connectivity index (χ3n) is 1.78. The summed E-state index contributed by atoms with van der Waals surface area (Å²) in [5.74, 6) is -0.246. The Kier molecular flexibility index (Phi) is 3.97. The average Bonchev–Trinajstić information content (AvgIpc) is 2.21. The number of aromatic carboxylic acids is 1. The maximum absolute atomic E-state index is 10.6. The number of carbonyl (C=O) groups excluding carboxylic acids is 1. The molecule has 0 atom stereocenters. The molecule has 0 saturated heterocycles. The van der Waals surface area contributed by atoms with E-state index in [-0.39, 0.29) is 5.56 Å². The molecule has 82 valence electrons. The summed E-state index contributed by atoms with van der Waals surface area (Å²) < 4.78 is 10.6. The molecule has 0 aliphatic heterocycles. The molecular weight excluding hydrogens is 196 g/mol. The van der Waals surface area contributed by atoms with Crippen molar-refractivity contribution in [2.75, 3.05) is 13.2 Å². The molecule has 0 radical (unpaired) electrons. The van der Waals surface area contributed by atoms with Gasteiger partial charge in [-0.1, -0.05) is 0 Å². The molecule has 1 aromatic carbocycles. The third-order valence-corrected chi connectivity index (χ3v) is 1.78. The quantitative estimate of drug-likeness (QED) is 0.721. The first-order chi connectivity index (χ1) is 7.19. The minimum absolute atomic E-state index is 0.0851. The number of benzene rings is 1. The Balaban J connectivity index is 3.02. The molecule has 0 bridgehead atoms. The molecule has 0 saturated carbocycles. The van der Waals surface area contributed by atoms with Crippen molar-refractivity contribution in [2.24, 2.45) is 0 Å². The highest BCUT2D eigenvalue weighted by Crippen LogP contribution is 2.28. The van der Waals surface area contributed by atoms with Crippen molar-refractivity contribution in [3.05, 3.63) is 23.8 Å². The number of hydrogen-bond acceptors (Lipinski definition) is 4. The lowest BCUT2D eigenvalue weighted by Crippen LogP contribution is -2.22. The molecule has 4 nitrogen and oxygen atoms in total. The van der Waals surface area contributed by atoms with E-state index in [1.807, 2.05) is 13.8 Å². The predicted molar refractivity (Wildman–Crippen MR) is 53.1 cm³/mol. The first kappa shape index (κ1) is 11.4. The van der Waals surface area contributed by atoms with Crippen molar-refractivity contribution >= 4 is 5.97 Å². The van der Waals surface area contributed by atoms with Crippen LogP contribution >= 0.6 is 0 Å². The van der Waals surface area contributed by atoms with Crippen LogP contribution in [0, 0.1) is 0 Å². The molecule has 15 heavy (non-hydrogen) atoms. The van der Waals surface area contributed by atoms with E-state index in [0.29, 0.717) is 24.7 Å². The minimum atomic E-state index is -1.22. The van der Waals surface area contributed by atoms with Crippen LogP contribution in [-0.2, 0) is 0 Å². The van der Waals surface area contributed by atoms with Gasteiger partial charge in [-0.3, -0.25) is 0 Å². The van der Waals surface area contributed by atoms with Crippen LogP contribution in [0.2, 0.25) is 0 Å². The summed E-state index contributed by atoms with van der Waals surface area (Å²) in [5.41, 5.74) is 0.0851. The Morgan fingerprint density at radius 1 is 1.20 bits per heavy atom. The zero-order chi connectivity index (χ0) is 11.3. The number of rotatable bonds is 5. The fourth-order valence-electron chi connectivity index (χ4n) is 1.18. The lowest BCUT2D eigenvalue weighted by molar-refractivity contribution is -0.255. The van der Waals surface area contributed by atoms with Crippen LogP contribution in [0.25, 0.3) is 0 Å². The maximum atomic E-state index is 10.6. The number of ether oxygens (including phenoxy) is 2. The largest absolute Gasteiger partial charge is 0.545 e. The van der Waals surface area contributed by atoms with Gasteiger partial charge < -0.3 is 19.4 Å². The first-order valence-corrected chi connectivity index (χ1v) is 4.80.